The van der Waals surface area contributed by atoms with Gasteiger partial charge in [-0.05, 0) is 32.1 Å². The first-order valence-corrected chi connectivity index (χ1v) is 5.56. The molecule has 0 N–H and O–H groups in total. The van der Waals surface area contributed by atoms with Crippen LogP contribution >= 0.6 is 0 Å². The molecule has 0 spiro atoms. The Morgan fingerprint density at radius 1 is 0.938 bits per heavy atom. The van der Waals surface area contributed by atoms with Crippen molar-refractivity contribution in [2.45, 2.75) is 51.4 Å². The molecule has 86 valence electrons. The van der Waals surface area contributed by atoms with E-state index in [1.807, 2.05) is 6.08 Å². The van der Waals surface area contributed by atoms with E-state index < -0.39 is 5.97 Å². The van der Waals surface area contributed by atoms with Gasteiger partial charge in [-0.1, -0.05) is 25.0 Å². The van der Waals surface area contributed by atoms with E-state index in [-0.39, 0.29) is 36.0 Å². The number of unbranched alkanes of at least 4 members (excludes halogenated alkanes) is 5. The first-order chi connectivity index (χ1) is 7.27. The van der Waals surface area contributed by atoms with E-state index in [4.69, 9.17) is 0 Å². The van der Waals surface area contributed by atoms with Crippen molar-refractivity contribution in [3.05, 3.63) is 12.2 Å². The molecule has 0 fully saturated rings. The maximum atomic E-state index is 10.1. The van der Waals surface area contributed by atoms with Crippen LogP contribution < -0.4 is 34.7 Å². The molecule has 0 saturated carbocycles. The molecular weight excluding hydrogens is 215 g/mol. The Bertz CT molecular complexity index is 202. The molecule has 0 rings (SSSR count). The first-order valence-electron chi connectivity index (χ1n) is 5.56. The molecule has 0 radical (unpaired) electrons. The molecule has 0 atom stereocenters. The van der Waals surface area contributed by atoms with Crippen LogP contribution in [-0.2, 0) is 9.59 Å². The number of aldehydes is 1. The van der Waals surface area contributed by atoms with Crippen molar-refractivity contribution in [2.75, 3.05) is 0 Å². The molecular formula is C12H19NaO3. The van der Waals surface area contributed by atoms with E-state index in [9.17, 15) is 14.7 Å². The van der Waals surface area contributed by atoms with Crippen LogP contribution in [0, 0.1) is 0 Å². The van der Waals surface area contributed by atoms with Crippen molar-refractivity contribution < 1.29 is 44.3 Å². The van der Waals surface area contributed by atoms with Gasteiger partial charge in [-0.3, -0.25) is 0 Å². The topological polar surface area (TPSA) is 57.2 Å². The molecule has 3 nitrogen and oxygen atoms in total. The number of carboxylic acids is 1. The van der Waals surface area contributed by atoms with Crippen molar-refractivity contribution in [1.82, 2.24) is 0 Å². The van der Waals surface area contributed by atoms with Crippen molar-refractivity contribution in [2.24, 2.45) is 0 Å². The van der Waals surface area contributed by atoms with Crippen LogP contribution in [-0.4, -0.2) is 12.3 Å². The van der Waals surface area contributed by atoms with Crippen LogP contribution in [0.5, 0.6) is 0 Å². The average Bonchev–Trinajstić information content (AvgIpc) is 2.20. The Hall–Kier alpha value is -0.120. The summed E-state index contributed by atoms with van der Waals surface area (Å²) in [6, 6.07) is 0. The third-order valence-electron chi connectivity index (χ3n) is 2.12. The molecule has 0 aliphatic rings. The van der Waals surface area contributed by atoms with Crippen LogP contribution in [0.15, 0.2) is 12.2 Å². The SMILES string of the molecule is O=CCC/C=C/CCCCCCC(=O)[O-].[Na+]. The third kappa shape index (κ3) is 16.3. The maximum absolute atomic E-state index is 10.1. The fourth-order valence-electron chi connectivity index (χ4n) is 1.29. The second-order valence-electron chi connectivity index (χ2n) is 3.54. The van der Waals surface area contributed by atoms with Crippen LogP contribution in [0.2, 0.25) is 0 Å². The van der Waals surface area contributed by atoms with Gasteiger partial charge in [0, 0.05) is 12.4 Å². The van der Waals surface area contributed by atoms with Gasteiger partial charge in [0.05, 0.1) is 0 Å². The zero-order valence-electron chi connectivity index (χ0n) is 10.1. The number of hydrogen-bond donors (Lipinski definition) is 0. The van der Waals surface area contributed by atoms with E-state index in [0.29, 0.717) is 6.42 Å². The van der Waals surface area contributed by atoms with Crippen LogP contribution in [0.4, 0.5) is 0 Å². The Balaban J connectivity index is 0. The number of aliphatic carboxylic acids is 1. The molecule has 0 heterocycles. The number of carboxylic acid groups (broad SMARTS) is 1. The summed E-state index contributed by atoms with van der Waals surface area (Å²) in [5, 5.41) is 10.1. The van der Waals surface area contributed by atoms with Gasteiger partial charge in [0.1, 0.15) is 6.29 Å². The number of carbonyl (C=O) groups excluding carboxylic acids is 2. The van der Waals surface area contributed by atoms with Gasteiger partial charge in [0.2, 0.25) is 0 Å². The standard InChI is InChI=1S/C12H20O3.Na/c13-11-9-7-5-3-1-2-4-6-8-10-12(14)15;/h3,5,11H,1-2,4,6-10H2,(H,14,15);/q;+1/p-1/b5-3+;. The molecule has 0 bridgehead atoms. The Morgan fingerprint density at radius 2 is 1.56 bits per heavy atom. The molecule has 0 aromatic rings. The van der Waals surface area contributed by atoms with Crippen molar-refractivity contribution in [1.29, 1.82) is 0 Å². The fraction of sp³-hybridized carbons (Fsp3) is 0.667. The molecule has 0 aliphatic carbocycles. The van der Waals surface area contributed by atoms with Gasteiger partial charge in [-0.2, -0.15) is 0 Å². The number of rotatable bonds is 10. The summed E-state index contributed by atoms with van der Waals surface area (Å²) >= 11 is 0. The molecule has 16 heavy (non-hydrogen) atoms. The largest absolute Gasteiger partial charge is 1.00 e. The monoisotopic (exact) mass is 234 g/mol. The van der Waals surface area contributed by atoms with Gasteiger partial charge >= 0.3 is 29.6 Å². The van der Waals surface area contributed by atoms with E-state index in [1.54, 1.807) is 0 Å². The molecule has 0 aromatic carbocycles. The predicted molar refractivity (Wildman–Crippen MR) is 57.1 cm³/mol. The molecule has 0 aliphatic heterocycles. The zero-order valence-corrected chi connectivity index (χ0v) is 12.1. The maximum Gasteiger partial charge on any atom is 1.00 e. The Kier molecular flexibility index (Phi) is 17.0. The van der Waals surface area contributed by atoms with Crippen molar-refractivity contribution >= 4 is 12.3 Å². The fourth-order valence-corrected chi connectivity index (χ4v) is 1.29. The summed E-state index contributed by atoms with van der Waals surface area (Å²) in [5.74, 6) is -0.955. The minimum absolute atomic E-state index is 0. The van der Waals surface area contributed by atoms with Gasteiger partial charge in [0.15, 0.2) is 0 Å². The Labute approximate surface area is 120 Å². The smallest absolute Gasteiger partial charge is 0.550 e. The van der Waals surface area contributed by atoms with Crippen LogP contribution in [0.25, 0.3) is 0 Å². The molecule has 0 saturated heterocycles. The second-order valence-corrected chi connectivity index (χ2v) is 3.54. The van der Waals surface area contributed by atoms with Gasteiger partial charge in [0.25, 0.3) is 0 Å². The normalized spacial score (nSPS) is 10.0. The van der Waals surface area contributed by atoms with Gasteiger partial charge in [-0.15, -0.1) is 0 Å². The quantitative estimate of drug-likeness (QED) is 0.202. The van der Waals surface area contributed by atoms with Gasteiger partial charge in [-0.25, -0.2) is 0 Å². The summed E-state index contributed by atoms with van der Waals surface area (Å²) < 4.78 is 0. The number of allylic oxidation sites excluding steroid dienone is 2. The molecule has 0 unspecified atom stereocenters. The van der Waals surface area contributed by atoms with Gasteiger partial charge < -0.3 is 14.7 Å². The minimum atomic E-state index is -0.955. The Morgan fingerprint density at radius 3 is 2.19 bits per heavy atom. The number of hydrogen-bond acceptors (Lipinski definition) is 3. The molecule has 0 aromatic heterocycles. The average molecular weight is 234 g/mol. The summed E-state index contributed by atoms with van der Waals surface area (Å²) in [7, 11) is 0. The van der Waals surface area contributed by atoms with E-state index in [0.717, 1.165) is 44.8 Å². The summed E-state index contributed by atoms with van der Waals surface area (Å²) in [6.45, 7) is 0. The molecule has 0 amide bonds. The van der Waals surface area contributed by atoms with E-state index in [2.05, 4.69) is 6.08 Å². The minimum Gasteiger partial charge on any atom is -0.550 e. The summed E-state index contributed by atoms with van der Waals surface area (Å²) in [5.41, 5.74) is 0. The first kappa shape index (κ1) is 18.3. The third-order valence-corrected chi connectivity index (χ3v) is 2.12. The van der Waals surface area contributed by atoms with E-state index in [1.165, 1.54) is 0 Å². The predicted octanol–water partition coefficient (Wildman–Crippen LogP) is -1.38. The van der Waals surface area contributed by atoms with Crippen molar-refractivity contribution in [3.8, 4) is 0 Å². The van der Waals surface area contributed by atoms with Crippen molar-refractivity contribution in [3.63, 3.8) is 0 Å². The van der Waals surface area contributed by atoms with Crippen LogP contribution in [0.3, 0.4) is 0 Å². The second kappa shape index (κ2) is 14.9. The van der Waals surface area contributed by atoms with Crippen LogP contribution in [0.1, 0.15) is 51.4 Å². The number of carbonyl (C=O) groups is 2. The zero-order chi connectivity index (χ0) is 11.4. The summed E-state index contributed by atoms with van der Waals surface area (Å²) in [4.78, 5) is 20.1. The summed E-state index contributed by atoms with van der Waals surface area (Å²) in [6.07, 6.45) is 11.5. The molecule has 4 heteroatoms. The van der Waals surface area contributed by atoms with E-state index >= 15 is 0 Å².